The minimum atomic E-state index is -0.150. The summed E-state index contributed by atoms with van der Waals surface area (Å²) in [7, 11) is 1.75. The molecule has 0 fully saturated rings. The summed E-state index contributed by atoms with van der Waals surface area (Å²) < 4.78 is 0. The van der Waals surface area contributed by atoms with Crippen molar-refractivity contribution in [3.63, 3.8) is 0 Å². The molecule has 0 aliphatic heterocycles. The Balaban J connectivity index is 1.84. The summed E-state index contributed by atoms with van der Waals surface area (Å²) in [5.41, 5.74) is 2.83. The van der Waals surface area contributed by atoms with Crippen molar-refractivity contribution >= 4 is 35.0 Å². The largest absolute Gasteiger partial charge is 0.325 e. The van der Waals surface area contributed by atoms with Crippen molar-refractivity contribution in [2.45, 2.75) is 31.1 Å². The molecule has 0 aromatic heterocycles. The highest BCUT2D eigenvalue weighted by Crippen LogP contribution is 2.25. The first-order valence-electron chi connectivity index (χ1n) is 9.21. The Morgan fingerprint density at radius 1 is 0.929 bits per heavy atom. The molecule has 0 saturated carbocycles. The van der Waals surface area contributed by atoms with Crippen LogP contribution in [0.15, 0.2) is 53.4 Å². The van der Waals surface area contributed by atoms with Crippen LogP contribution in [-0.4, -0.2) is 43.1 Å². The van der Waals surface area contributed by atoms with Crippen LogP contribution in [0.1, 0.15) is 26.3 Å². The lowest BCUT2D eigenvalue weighted by atomic mass is 9.87. The van der Waals surface area contributed by atoms with Crippen molar-refractivity contribution in [3.8, 4) is 0 Å². The summed E-state index contributed by atoms with van der Waals surface area (Å²) in [4.78, 5) is 27.2. The van der Waals surface area contributed by atoms with Crippen molar-refractivity contribution in [3.05, 3.63) is 54.1 Å². The van der Waals surface area contributed by atoms with Crippen LogP contribution in [0.2, 0.25) is 0 Å². The number of carbonyl (C=O) groups excluding carboxylic acids is 2. The molecule has 2 aromatic carbocycles. The number of rotatable bonds is 7. The summed E-state index contributed by atoms with van der Waals surface area (Å²) in [5, 5.41) is 5.78. The fourth-order valence-corrected chi connectivity index (χ4v) is 3.29. The average molecular weight is 400 g/mol. The third-order valence-corrected chi connectivity index (χ3v) is 5.04. The number of carbonyl (C=O) groups is 2. The van der Waals surface area contributed by atoms with E-state index in [1.807, 2.05) is 54.8 Å². The number of likely N-dealkylation sites (N-methyl/N-ethyl adjacent to an activating group) is 1. The van der Waals surface area contributed by atoms with Gasteiger partial charge in [-0.25, -0.2) is 0 Å². The smallest absolute Gasteiger partial charge is 0.238 e. The molecule has 6 heteroatoms. The van der Waals surface area contributed by atoms with Gasteiger partial charge in [0, 0.05) is 10.6 Å². The summed E-state index contributed by atoms with van der Waals surface area (Å²) >= 11 is 1.58. The van der Waals surface area contributed by atoms with Gasteiger partial charge in [0.1, 0.15) is 0 Å². The quantitative estimate of drug-likeness (QED) is 0.685. The number of anilines is 2. The van der Waals surface area contributed by atoms with Gasteiger partial charge in [-0.1, -0.05) is 45.0 Å². The van der Waals surface area contributed by atoms with Crippen molar-refractivity contribution < 1.29 is 9.59 Å². The molecular weight excluding hydrogens is 370 g/mol. The fraction of sp³-hybridized carbons (Fsp3) is 0.364. The molecule has 0 atom stereocenters. The number of benzene rings is 2. The van der Waals surface area contributed by atoms with E-state index in [1.54, 1.807) is 23.7 Å². The van der Waals surface area contributed by atoms with E-state index in [4.69, 9.17) is 0 Å². The Kier molecular flexibility index (Phi) is 7.66. The van der Waals surface area contributed by atoms with Gasteiger partial charge in [0.05, 0.1) is 18.8 Å². The number of nitrogens with one attached hydrogen (secondary N) is 2. The number of thioether (sulfide) groups is 1. The van der Waals surface area contributed by atoms with Gasteiger partial charge in [-0.3, -0.25) is 14.5 Å². The lowest BCUT2D eigenvalue weighted by Crippen LogP contribution is -2.36. The zero-order chi connectivity index (χ0) is 20.7. The lowest BCUT2D eigenvalue weighted by molar-refractivity contribution is -0.119. The summed E-state index contributed by atoms with van der Waals surface area (Å²) in [6.07, 6.45) is 1.97. The second-order valence-corrected chi connectivity index (χ2v) is 8.64. The van der Waals surface area contributed by atoms with Crippen LogP contribution in [0.3, 0.4) is 0 Å². The van der Waals surface area contributed by atoms with Crippen LogP contribution >= 0.6 is 11.8 Å². The topological polar surface area (TPSA) is 61.4 Å². The van der Waals surface area contributed by atoms with Gasteiger partial charge in [-0.15, -0.1) is 11.8 Å². The number of amides is 2. The Hall–Kier alpha value is -2.31. The molecule has 150 valence electrons. The summed E-state index contributed by atoms with van der Waals surface area (Å²) in [6, 6.07) is 15.5. The first kappa shape index (κ1) is 22.0. The van der Waals surface area contributed by atoms with E-state index in [1.165, 1.54) is 5.56 Å². The monoisotopic (exact) mass is 399 g/mol. The Morgan fingerprint density at radius 3 is 2.07 bits per heavy atom. The number of nitrogens with zero attached hydrogens (tertiary/aromatic N) is 1. The molecule has 2 N–H and O–H groups in total. The molecule has 2 amide bonds. The molecule has 5 nitrogen and oxygen atoms in total. The highest BCUT2D eigenvalue weighted by molar-refractivity contribution is 7.98. The van der Waals surface area contributed by atoms with E-state index in [2.05, 4.69) is 31.4 Å². The van der Waals surface area contributed by atoms with E-state index in [-0.39, 0.29) is 30.3 Å². The fourth-order valence-electron chi connectivity index (χ4n) is 2.74. The van der Waals surface area contributed by atoms with Gasteiger partial charge in [0.25, 0.3) is 0 Å². The van der Waals surface area contributed by atoms with Crippen molar-refractivity contribution in [2.24, 2.45) is 0 Å². The molecule has 0 radical (unpaired) electrons. The maximum atomic E-state index is 12.3. The van der Waals surface area contributed by atoms with Crippen LogP contribution in [0, 0.1) is 0 Å². The van der Waals surface area contributed by atoms with E-state index < -0.39 is 0 Å². The van der Waals surface area contributed by atoms with E-state index in [0.29, 0.717) is 0 Å². The van der Waals surface area contributed by atoms with Gasteiger partial charge in [0.15, 0.2) is 0 Å². The molecule has 0 aliphatic carbocycles. The molecule has 0 bridgehead atoms. The number of hydrogen-bond acceptors (Lipinski definition) is 4. The van der Waals surface area contributed by atoms with E-state index in [9.17, 15) is 9.59 Å². The normalized spacial score (nSPS) is 11.4. The Labute approximate surface area is 171 Å². The minimum absolute atomic E-state index is 0.0744. The van der Waals surface area contributed by atoms with Gasteiger partial charge < -0.3 is 10.6 Å². The van der Waals surface area contributed by atoms with Crippen molar-refractivity contribution in [2.75, 3.05) is 37.0 Å². The first-order valence-corrected chi connectivity index (χ1v) is 10.4. The number of para-hydroxylation sites is 1. The van der Waals surface area contributed by atoms with Crippen LogP contribution in [0.5, 0.6) is 0 Å². The zero-order valence-electron chi connectivity index (χ0n) is 17.2. The standard InChI is InChI=1S/C22H29N3O2S/c1-22(2,3)16-10-12-17(13-11-16)23-20(26)14-25(4)15-21(27)24-18-8-6-7-9-19(18)28-5/h6-13H,14-15H2,1-5H3,(H,23,26)(H,24,27). The molecule has 28 heavy (non-hydrogen) atoms. The molecule has 2 aromatic rings. The van der Waals surface area contributed by atoms with Crippen molar-refractivity contribution in [1.82, 2.24) is 4.90 Å². The first-order chi connectivity index (χ1) is 13.2. The molecular formula is C22H29N3O2S. The SMILES string of the molecule is CSc1ccccc1NC(=O)CN(C)CC(=O)Nc1ccc(C(C)(C)C)cc1. The minimum Gasteiger partial charge on any atom is -0.325 e. The van der Waals surface area contributed by atoms with E-state index >= 15 is 0 Å². The third kappa shape index (κ3) is 6.69. The maximum Gasteiger partial charge on any atom is 0.238 e. The van der Waals surface area contributed by atoms with Gasteiger partial charge in [0.2, 0.25) is 11.8 Å². The lowest BCUT2D eigenvalue weighted by Gasteiger charge is -2.19. The molecule has 2 rings (SSSR count). The van der Waals surface area contributed by atoms with E-state index in [0.717, 1.165) is 16.3 Å². The average Bonchev–Trinajstić information content (AvgIpc) is 2.61. The summed E-state index contributed by atoms with van der Waals surface area (Å²) in [6.45, 7) is 6.73. The van der Waals surface area contributed by atoms with Gasteiger partial charge >= 0.3 is 0 Å². The third-order valence-electron chi connectivity index (χ3n) is 4.24. The molecule has 0 unspecified atom stereocenters. The van der Waals surface area contributed by atoms with Crippen LogP contribution in [0.25, 0.3) is 0 Å². The molecule has 0 spiro atoms. The highest BCUT2D eigenvalue weighted by atomic mass is 32.2. The summed E-state index contributed by atoms with van der Waals surface area (Å²) in [5.74, 6) is -0.297. The van der Waals surface area contributed by atoms with Gasteiger partial charge in [-0.05, 0) is 48.5 Å². The number of hydrogen-bond donors (Lipinski definition) is 2. The molecule has 0 heterocycles. The predicted octanol–water partition coefficient (Wildman–Crippen LogP) is 4.22. The maximum absolute atomic E-state index is 12.3. The Morgan fingerprint density at radius 2 is 1.50 bits per heavy atom. The van der Waals surface area contributed by atoms with Crippen LogP contribution < -0.4 is 10.6 Å². The van der Waals surface area contributed by atoms with Crippen LogP contribution in [-0.2, 0) is 15.0 Å². The second-order valence-electron chi connectivity index (χ2n) is 7.80. The Bertz CT molecular complexity index is 813. The predicted molar refractivity (Wildman–Crippen MR) is 118 cm³/mol. The zero-order valence-corrected chi connectivity index (χ0v) is 18.0. The molecule has 0 saturated heterocycles. The van der Waals surface area contributed by atoms with Crippen LogP contribution in [0.4, 0.5) is 11.4 Å². The highest BCUT2D eigenvalue weighted by Gasteiger charge is 2.14. The van der Waals surface area contributed by atoms with Gasteiger partial charge in [-0.2, -0.15) is 0 Å². The second kappa shape index (κ2) is 9.75. The van der Waals surface area contributed by atoms with Crippen molar-refractivity contribution in [1.29, 1.82) is 0 Å². The molecule has 0 aliphatic rings.